The van der Waals surface area contributed by atoms with E-state index in [1.54, 1.807) is 0 Å². The standard InChI is InChI=1S/C18H26N2S/c1-13-10-15(3)17(11-14(13)2)18(12-19)20(4)8-7-16-6-5-9-21-16/h5-6,9-11,18H,7-8,12,19H2,1-4H3. The Morgan fingerprint density at radius 1 is 1.14 bits per heavy atom. The van der Waals surface area contributed by atoms with Crippen LogP contribution in [0.1, 0.15) is 33.2 Å². The van der Waals surface area contributed by atoms with E-state index in [0.29, 0.717) is 12.6 Å². The van der Waals surface area contributed by atoms with Crippen LogP contribution < -0.4 is 5.73 Å². The first-order valence-corrected chi connectivity index (χ1v) is 8.41. The number of nitrogens with zero attached hydrogens (tertiary/aromatic N) is 1. The zero-order valence-electron chi connectivity index (χ0n) is 13.5. The predicted octanol–water partition coefficient (Wildman–Crippen LogP) is 3.85. The molecule has 0 aliphatic carbocycles. The Labute approximate surface area is 132 Å². The molecule has 0 fully saturated rings. The van der Waals surface area contributed by atoms with Crippen molar-refractivity contribution in [3.05, 3.63) is 56.8 Å². The Balaban J connectivity index is 2.13. The van der Waals surface area contributed by atoms with Gasteiger partial charge in [-0.05, 0) is 67.9 Å². The molecule has 1 heterocycles. The normalized spacial score (nSPS) is 12.9. The minimum absolute atomic E-state index is 0.296. The molecular formula is C18H26N2S. The summed E-state index contributed by atoms with van der Waals surface area (Å²) in [6, 6.07) is 9.21. The number of hydrogen-bond donors (Lipinski definition) is 1. The average molecular weight is 302 g/mol. The van der Waals surface area contributed by atoms with E-state index in [2.05, 4.69) is 62.4 Å². The van der Waals surface area contributed by atoms with Crippen molar-refractivity contribution >= 4 is 11.3 Å². The van der Waals surface area contributed by atoms with E-state index in [-0.39, 0.29) is 0 Å². The van der Waals surface area contributed by atoms with Gasteiger partial charge in [0.25, 0.3) is 0 Å². The lowest BCUT2D eigenvalue weighted by molar-refractivity contribution is 0.253. The minimum atomic E-state index is 0.296. The summed E-state index contributed by atoms with van der Waals surface area (Å²) in [4.78, 5) is 3.83. The maximum atomic E-state index is 6.07. The summed E-state index contributed by atoms with van der Waals surface area (Å²) >= 11 is 1.83. The lowest BCUT2D eigenvalue weighted by atomic mass is 9.95. The van der Waals surface area contributed by atoms with Crippen molar-refractivity contribution in [3.63, 3.8) is 0 Å². The highest BCUT2D eigenvalue weighted by Crippen LogP contribution is 2.25. The zero-order valence-corrected chi connectivity index (χ0v) is 14.3. The van der Waals surface area contributed by atoms with Crippen LogP contribution in [0.3, 0.4) is 0 Å². The Hall–Kier alpha value is -1.16. The van der Waals surface area contributed by atoms with Crippen molar-refractivity contribution in [2.45, 2.75) is 33.2 Å². The number of likely N-dealkylation sites (N-methyl/N-ethyl adjacent to an activating group) is 1. The Morgan fingerprint density at radius 3 is 2.48 bits per heavy atom. The van der Waals surface area contributed by atoms with Gasteiger partial charge in [0.1, 0.15) is 0 Å². The molecule has 0 radical (unpaired) electrons. The molecule has 0 saturated carbocycles. The molecular weight excluding hydrogens is 276 g/mol. The summed E-state index contributed by atoms with van der Waals surface area (Å²) in [5, 5.41) is 2.14. The van der Waals surface area contributed by atoms with Crippen LogP contribution in [0, 0.1) is 20.8 Å². The van der Waals surface area contributed by atoms with E-state index >= 15 is 0 Å². The number of nitrogens with two attached hydrogens (primary N) is 1. The van der Waals surface area contributed by atoms with Crippen molar-refractivity contribution in [2.75, 3.05) is 20.1 Å². The fourth-order valence-electron chi connectivity index (χ4n) is 2.78. The van der Waals surface area contributed by atoms with Crippen LogP contribution in [0.15, 0.2) is 29.6 Å². The smallest absolute Gasteiger partial charge is 0.0470 e. The molecule has 0 saturated heterocycles. The summed E-state index contributed by atoms with van der Waals surface area (Å²) < 4.78 is 0. The first-order valence-electron chi connectivity index (χ1n) is 7.53. The van der Waals surface area contributed by atoms with E-state index in [9.17, 15) is 0 Å². The molecule has 0 spiro atoms. The summed E-state index contributed by atoms with van der Waals surface area (Å²) in [5.41, 5.74) is 11.5. The molecule has 2 rings (SSSR count). The molecule has 1 aromatic heterocycles. The Bertz CT molecular complexity index is 575. The van der Waals surface area contributed by atoms with Crippen LogP contribution in [-0.2, 0) is 6.42 Å². The lowest BCUT2D eigenvalue weighted by Crippen LogP contribution is -2.32. The van der Waals surface area contributed by atoms with Crippen molar-refractivity contribution in [3.8, 4) is 0 Å². The molecule has 2 N–H and O–H groups in total. The molecule has 1 aromatic carbocycles. The van der Waals surface area contributed by atoms with Crippen molar-refractivity contribution in [1.82, 2.24) is 4.90 Å². The van der Waals surface area contributed by atoms with Gasteiger partial charge in [-0.2, -0.15) is 0 Å². The summed E-state index contributed by atoms with van der Waals surface area (Å²) in [6.07, 6.45) is 1.09. The summed E-state index contributed by atoms with van der Waals surface area (Å²) in [7, 11) is 2.18. The van der Waals surface area contributed by atoms with Gasteiger partial charge in [-0.15, -0.1) is 11.3 Å². The number of thiophene rings is 1. The Kier molecular flexibility index (Phi) is 5.57. The second-order valence-electron chi connectivity index (χ2n) is 5.85. The van der Waals surface area contributed by atoms with Gasteiger partial charge in [0, 0.05) is 24.0 Å². The highest BCUT2D eigenvalue weighted by atomic mass is 32.1. The highest BCUT2D eigenvalue weighted by molar-refractivity contribution is 7.09. The molecule has 2 aromatic rings. The lowest BCUT2D eigenvalue weighted by Gasteiger charge is -2.29. The number of aryl methyl sites for hydroxylation is 3. The largest absolute Gasteiger partial charge is 0.329 e. The molecule has 0 aliphatic heterocycles. The first kappa shape index (κ1) is 16.2. The SMILES string of the molecule is Cc1cc(C)c(C(CN)N(C)CCc2cccs2)cc1C. The molecule has 3 heteroatoms. The van der Waals surface area contributed by atoms with Gasteiger partial charge in [-0.1, -0.05) is 18.2 Å². The quantitative estimate of drug-likeness (QED) is 0.878. The fraction of sp³-hybridized carbons (Fsp3) is 0.444. The first-order chi connectivity index (χ1) is 10.0. The predicted molar refractivity (Wildman–Crippen MR) is 93.1 cm³/mol. The van der Waals surface area contributed by atoms with Crippen molar-refractivity contribution in [2.24, 2.45) is 5.73 Å². The van der Waals surface area contributed by atoms with Crippen LogP contribution in [-0.4, -0.2) is 25.0 Å². The van der Waals surface area contributed by atoms with E-state index in [1.807, 2.05) is 11.3 Å². The van der Waals surface area contributed by atoms with Crippen LogP contribution in [0.4, 0.5) is 0 Å². The van der Waals surface area contributed by atoms with E-state index in [0.717, 1.165) is 13.0 Å². The monoisotopic (exact) mass is 302 g/mol. The Morgan fingerprint density at radius 2 is 1.86 bits per heavy atom. The van der Waals surface area contributed by atoms with Crippen molar-refractivity contribution in [1.29, 1.82) is 0 Å². The molecule has 0 aliphatic rings. The maximum absolute atomic E-state index is 6.07. The van der Waals surface area contributed by atoms with Gasteiger partial charge in [0.15, 0.2) is 0 Å². The zero-order chi connectivity index (χ0) is 15.4. The third kappa shape index (κ3) is 3.94. The minimum Gasteiger partial charge on any atom is -0.329 e. The van der Waals surface area contributed by atoms with Gasteiger partial charge in [0.2, 0.25) is 0 Å². The summed E-state index contributed by atoms with van der Waals surface area (Å²) in [5.74, 6) is 0. The topological polar surface area (TPSA) is 29.3 Å². The molecule has 2 nitrogen and oxygen atoms in total. The van der Waals surface area contributed by atoms with Crippen molar-refractivity contribution < 1.29 is 0 Å². The molecule has 0 bridgehead atoms. The van der Waals surface area contributed by atoms with Gasteiger partial charge in [0.05, 0.1) is 0 Å². The molecule has 0 amide bonds. The molecule has 114 valence electrons. The molecule has 1 unspecified atom stereocenters. The third-order valence-electron chi connectivity index (χ3n) is 4.29. The van der Waals surface area contributed by atoms with E-state index in [1.165, 1.54) is 27.1 Å². The van der Waals surface area contributed by atoms with E-state index in [4.69, 9.17) is 5.73 Å². The number of rotatable bonds is 6. The van der Waals surface area contributed by atoms with E-state index < -0.39 is 0 Å². The highest BCUT2D eigenvalue weighted by Gasteiger charge is 2.18. The van der Waals surface area contributed by atoms with Gasteiger partial charge >= 0.3 is 0 Å². The van der Waals surface area contributed by atoms with Gasteiger partial charge in [-0.25, -0.2) is 0 Å². The second kappa shape index (κ2) is 7.21. The van der Waals surface area contributed by atoms with Gasteiger partial charge < -0.3 is 5.73 Å². The van der Waals surface area contributed by atoms with Crippen LogP contribution in [0.2, 0.25) is 0 Å². The summed E-state index contributed by atoms with van der Waals surface area (Å²) in [6.45, 7) is 8.23. The fourth-order valence-corrected chi connectivity index (χ4v) is 3.48. The average Bonchev–Trinajstić information content (AvgIpc) is 2.96. The maximum Gasteiger partial charge on any atom is 0.0470 e. The third-order valence-corrected chi connectivity index (χ3v) is 5.22. The number of benzene rings is 1. The second-order valence-corrected chi connectivity index (χ2v) is 6.89. The van der Waals surface area contributed by atoms with Crippen LogP contribution in [0.5, 0.6) is 0 Å². The van der Waals surface area contributed by atoms with Crippen LogP contribution >= 0.6 is 11.3 Å². The van der Waals surface area contributed by atoms with Gasteiger partial charge in [-0.3, -0.25) is 4.90 Å². The molecule has 21 heavy (non-hydrogen) atoms. The molecule has 1 atom stereocenters. The number of hydrogen-bond acceptors (Lipinski definition) is 3. The van der Waals surface area contributed by atoms with Crippen LogP contribution in [0.25, 0.3) is 0 Å².